The number of fused-ring (bicyclic) bond motifs is 1. The van der Waals surface area contributed by atoms with Crippen molar-refractivity contribution >= 4 is 12.0 Å². The molecule has 1 fully saturated rings. The maximum Gasteiger partial charge on any atom is 0.407 e. The molecule has 0 aromatic heterocycles. The number of benzene rings is 2. The predicted octanol–water partition coefficient (Wildman–Crippen LogP) is 4.36. The van der Waals surface area contributed by atoms with Crippen LogP contribution in [0, 0.1) is 0 Å². The number of ether oxygens (including phenoxy) is 4. The van der Waals surface area contributed by atoms with Crippen molar-refractivity contribution in [2.24, 2.45) is 0 Å². The molecule has 2 aromatic rings. The molecule has 0 spiro atoms. The van der Waals surface area contributed by atoms with Gasteiger partial charge in [0.25, 0.3) is 5.91 Å². The lowest BCUT2D eigenvalue weighted by Crippen LogP contribution is -2.50. The van der Waals surface area contributed by atoms with Gasteiger partial charge in [0, 0.05) is 18.2 Å². The first-order valence-electron chi connectivity index (χ1n) is 12.2. The van der Waals surface area contributed by atoms with Gasteiger partial charge in [-0.15, -0.1) is 0 Å². The fourth-order valence-corrected chi connectivity index (χ4v) is 4.16. The zero-order valence-corrected chi connectivity index (χ0v) is 20.5. The monoisotopic (exact) mass is 482 g/mol. The third-order valence-electron chi connectivity index (χ3n) is 5.91. The van der Waals surface area contributed by atoms with Crippen molar-refractivity contribution in [3.05, 3.63) is 54.1 Å². The van der Waals surface area contributed by atoms with Crippen LogP contribution in [-0.4, -0.2) is 42.4 Å². The van der Waals surface area contributed by atoms with Gasteiger partial charge >= 0.3 is 6.09 Å². The van der Waals surface area contributed by atoms with Crippen LogP contribution < -0.4 is 24.8 Å². The van der Waals surface area contributed by atoms with E-state index in [1.165, 1.54) is 0 Å². The molecule has 0 radical (unpaired) electrons. The molecule has 1 unspecified atom stereocenters. The van der Waals surface area contributed by atoms with E-state index in [1.807, 2.05) is 57.2 Å². The van der Waals surface area contributed by atoms with Gasteiger partial charge in [-0.2, -0.15) is 0 Å². The standard InChI is InChI=1S/C27H34N2O6/c1-27(2,3)35-26(31)29-20-11-9-19(10-12-20)28-25(30)24-17-33-22-14-13-21(15-23(22)34-24)32-16-18-7-5-4-6-8-18/h4-8,13-15,19-20,24H,9-12,16-17H2,1-3H3,(H,28,30)(H,29,31). The van der Waals surface area contributed by atoms with Crippen molar-refractivity contribution in [3.8, 4) is 17.2 Å². The lowest BCUT2D eigenvalue weighted by atomic mass is 9.91. The summed E-state index contributed by atoms with van der Waals surface area (Å²) in [6.45, 7) is 6.11. The van der Waals surface area contributed by atoms with Gasteiger partial charge in [-0.1, -0.05) is 30.3 Å². The Hall–Kier alpha value is -3.42. The second kappa shape index (κ2) is 10.9. The molecule has 1 aliphatic carbocycles. The summed E-state index contributed by atoms with van der Waals surface area (Å²) in [4.78, 5) is 24.8. The van der Waals surface area contributed by atoms with E-state index in [1.54, 1.807) is 12.1 Å². The molecule has 0 bridgehead atoms. The van der Waals surface area contributed by atoms with E-state index >= 15 is 0 Å². The van der Waals surface area contributed by atoms with Crippen molar-refractivity contribution in [3.63, 3.8) is 0 Å². The lowest BCUT2D eigenvalue weighted by molar-refractivity contribution is -0.131. The molecule has 188 valence electrons. The first-order chi connectivity index (χ1) is 16.7. The summed E-state index contributed by atoms with van der Waals surface area (Å²) in [5.41, 5.74) is 0.542. The molecular formula is C27H34N2O6. The quantitative estimate of drug-likeness (QED) is 0.635. The number of carbonyl (C=O) groups is 2. The number of nitrogens with one attached hydrogen (secondary N) is 2. The van der Waals surface area contributed by atoms with Gasteiger partial charge in [0.15, 0.2) is 11.5 Å². The number of hydrogen-bond acceptors (Lipinski definition) is 6. The van der Waals surface area contributed by atoms with E-state index in [-0.39, 0.29) is 24.6 Å². The molecule has 1 heterocycles. The minimum atomic E-state index is -0.732. The van der Waals surface area contributed by atoms with E-state index in [4.69, 9.17) is 18.9 Å². The van der Waals surface area contributed by atoms with Crippen LogP contribution in [0.1, 0.15) is 52.0 Å². The van der Waals surface area contributed by atoms with E-state index in [9.17, 15) is 9.59 Å². The van der Waals surface area contributed by atoms with E-state index < -0.39 is 17.8 Å². The first kappa shape index (κ1) is 24.7. The number of alkyl carbamates (subject to hydrolysis) is 1. The highest BCUT2D eigenvalue weighted by molar-refractivity contribution is 5.82. The summed E-state index contributed by atoms with van der Waals surface area (Å²) in [7, 11) is 0. The number of amides is 2. The van der Waals surface area contributed by atoms with Gasteiger partial charge in [0.2, 0.25) is 6.10 Å². The minimum Gasteiger partial charge on any atom is -0.489 e. The molecule has 2 N–H and O–H groups in total. The average molecular weight is 483 g/mol. The van der Waals surface area contributed by atoms with E-state index in [2.05, 4.69) is 10.6 Å². The van der Waals surface area contributed by atoms with Crippen molar-refractivity contribution in [1.29, 1.82) is 0 Å². The molecule has 1 aliphatic heterocycles. The van der Waals surface area contributed by atoms with E-state index in [0.717, 1.165) is 31.2 Å². The fraction of sp³-hybridized carbons (Fsp3) is 0.481. The number of hydrogen-bond donors (Lipinski definition) is 2. The Balaban J connectivity index is 1.24. The normalized spacial score (nSPS) is 21.5. The molecule has 2 amide bonds. The molecule has 35 heavy (non-hydrogen) atoms. The van der Waals surface area contributed by atoms with Crippen LogP contribution in [0.5, 0.6) is 17.2 Å². The zero-order valence-electron chi connectivity index (χ0n) is 20.5. The molecule has 2 aliphatic rings. The van der Waals surface area contributed by atoms with Crippen LogP contribution in [0.3, 0.4) is 0 Å². The highest BCUT2D eigenvalue weighted by atomic mass is 16.6. The lowest BCUT2D eigenvalue weighted by Gasteiger charge is -2.32. The van der Waals surface area contributed by atoms with Gasteiger partial charge in [0.1, 0.15) is 24.6 Å². The SMILES string of the molecule is CC(C)(C)OC(=O)NC1CCC(NC(=O)C2COc3ccc(OCc4ccccc4)cc3O2)CC1. The smallest absolute Gasteiger partial charge is 0.407 e. The van der Waals surface area contributed by atoms with Crippen molar-refractivity contribution in [1.82, 2.24) is 10.6 Å². The summed E-state index contributed by atoms with van der Waals surface area (Å²) >= 11 is 0. The molecule has 8 nitrogen and oxygen atoms in total. The predicted molar refractivity (Wildman–Crippen MR) is 131 cm³/mol. The molecule has 1 atom stereocenters. The molecule has 2 aromatic carbocycles. The van der Waals surface area contributed by atoms with Gasteiger partial charge in [-0.05, 0) is 64.2 Å². The summed E-state index contributed by atoms with van der Waals surface area (Å²) in [6, 6.07) is 15.4. The zero-order chi connectivity index (χ0) is 24.8. The van der Waals surface area contributed by atoms with Crippen molar-refractivity contribution < 1.29 is 28.5 Å². The van der Waals surface area contributed by atoms with Crippen LogP contribution >= 0.6 is 0 Å². The van der Waals surface area contributed by atoms with Gasteiger partial charge < -0.3 is 29.6 Å². The summed E-state index contributed by atoms with van der Waals surface area (Å²) in [5, 5.41) is 5.99. The molecule has 8 heteroatoms. The Morgan fingerprint density at radius 3 is 2.31 bits per heavy atom. The largest absolute Gasteiger partial charge is 0.489 e. The third-order valence-corrected chi connectivity index (χ3v) is 5.91. The summed E-state index contributed by atoms with van der Waals surface area (Å²) in [5.74, 6) is 1.53. The molecule has 1 saturated carbocycles. The summed E-state index contributed by atoms with van der Waals surface area (Å²) in [6.07, 6.45) is 1.96. The Kier molecular flexibility index (Phi) is 7.68. The molecular weight excluding hydrogens is 448 g/mol. The van der Waals surface area contributed by atoms with Crippen LogP contribution in [0.2, 0.25) is 0 Å². The molecule has 0 saturated heterocycles. The van der Waals surface area contributed by atoms with Crippen LogP contribution in [0.4, 0.5) is 4.79 Å². The Morgan fingerprint density at radius 1 is 0.943 bits per heavy atom. The van der Waals surface area contributed by atoms with Crippen LogP contribution in [0.25, 0.3) is 0 Å². The third kappa shape index (κ3) is 7.28. The van der Waals surface area contributed by atoms with E-state index in [0.29, 0.717) is 23.9 Å². The van der Waals surface area contributed by atoms with Gasteiger partial charge in [-0.3, -0.25) is 4.79 Å². The minimum absolute atomic E-state index is 0.0322. The number of carbonyl (C=O) groups excluding carboxylic acids is 2. The highest BCUT2D eigenvalue weighted by Crippen LogP contribution is 2.35. The highest BCUT2D eigenvalue weighted by Gasteiger charge is 2.31. The van der Waals surface area contributed by atoms with Gasteiger partial charge in [-0.25, -0.2) is 4.79 Å². The Labute approximate surface area is 206 Å². The van der Waals surface area contributed by atoms with Crippen molar-refractivity contribution in [2.75, 3.05) is 6.61 Å². The first-order valence-corrected chi connectivity index (χ1v) is 12.2. The maximum absolute atomic E-state index is 12.9. The number of rotatable bonds is 6. The van der Waals surface area contributed by atoms with Gasteiger partial charge in [0.05, 0.1) is 0 Å². The van der Waals surface area contributed by atoms with Crippen molar-refractivity contribution in [2.45, 2.75) is 76.9 Å². The Bertz CT molecular complexity index is 1010. The summed E-state index contributed by atoms with van der Waals surface area (Å²) < 4.78 is 22.9. The maximum atomic E-state index is 12.9. The Morgan fingerprint density at radius 2 is 1.63 bits per heavy atom. The average Bonchev–Trinajstić information content (AvgIpc) is 2.83. The van der Waals surface area contributed by atoms with Crippen LogP contribution in [-0.2, 0) is 16.1 Å². The fourth-order valence-electron chi connectivity index (χ4n) is 4.16. The second-order valence-corrected chi connectivity index (χ2v) is 10.0. The topological polar surface area (TPSA) is 95.1 Å². The second-order valence-electron chi connectivity index (χ2n) is 10.0. The molecule has 4 rings (SSSR count). The van der Waals surface area contributed by atoms with Crippen LogP contribution in [0.15, 0.2) is 48.5 Å².